The summed E-state index contributed by atoms with van der Waals surface area (Å²) in [5.74, 6) is 0.535. The van der Waals surface area contributed by atoms with E-state index in [-0.39, 0.29) is 16.8 Å². The van der Waals surface area contributed by atoms with Gasteiger partial charge in [-0.3, -0.25) is 0 Å². The maximum absolute atomic E-state index is 11.4. The molecule has 1 aromatic rings. The highest BCUT2D eigenvalue weighted by Gasteiger charge is 2.23. The average Bonchev–Trinajstić information content (AvgIpc) is 2.20. The molecule has 0 aliphatic rings. The van der Waals surface area contributed by atoms with Gasteiger partial charge in [-0.1, -0.05) is 0 Å². The molecule has 0 amide bonds. The number of nitrogens with zero attached hydrogens (tertiary/aromatic N) is 1. The molecule has 0 radical (unpaired) electrons. The van der Waals surface area contributed by atoms with Crippen LogP contribution < -0.4 is 18.9 Å². The number of hydrogen-bond donors (Lipinski definition) is 0. The summed E-state index contributed by atoms with van der Waals surface area (Å²) in [7, 11) is 4.21. The number of pyridine rings is 1. The Morgan fingerprint density at radius 2 is 1.86 bits per heavy atom. The van der Waals surface area contributed by atoms with Crippen molar-refractivity contribution < 1.29 is 18.9 Å². The molecule has 0 atom stereocenters. The van der Waals surface area contributed by atoms with Gasteiger partial charge in [-0.25, -0.2) is 0 Å². The van der Waals surface area contributed by atoms with Crippen molar-refractivity contribution in [2.75, 3.05) is 21.3 Å². The summed E-state index contributed by atoms with van der Waals surface area (Å²) in [6, 6.07) is 1.36. The number of aromatic nitrogens is 1. The van der Waals surface area contributed by atoms with Crippen LogP contribution in [-0.2, 0) is 0 Å². The molecule has 0 fully saturated rings. The molecular formula is C8H10ClNO4. The van der Waals surface area contributed by atoms with Gasteiger partial charge in [0.25, 0.3) is 10.9 Å². The zero-order valence-corrected chi connectivity index (χ0v) is 8.79. The van der Waals surface area contributed by atoms with E-state index in [0.717, 1.165) is 0 Å². The van der Waals surface area contributed by atoms with E-state index in [4.69, 9.17) is 25.8 Å². The van der Waals surface area contributed by atoms with Crippen LogP contribution in [0.25, 0.3) is 0 Å². The monoisotopic (exact) mass is 219 g/mol. The summed E-state index contributed by atoms with van der Waals surface area (Å²) in [4.78, 5) is 0. The molecule has 0 unspecified atom stereocenters. The second kappa shape index (κ2) is 4.23. The minimum atomic E-state index is -0.0421. The normalized spacial score (nSPS) is 9.71. The summed E-state index contributed by atoms with van der Waals surface area (Å²) in [6.07, 6.45) is 0. The molecule has 0 bridgehead atoms. The Balaban J connectivity index is 3.42. The largest absolute Gasteiger partial charge is 0.615 e. The van der Waals surface area contributed by atoms with Crippen LogP contribution in [-0.4, -0.2) is 21.3 Å². The summed E-state index contributed by atoms with van der Waals surface area (Å²) < 4.78 is 15.2. The topological polar surface area (TPSA) is 54.6 Å². The predicted molar refractivity (Wildman–Crippen MR) is 50.1 cm³/mol. The summed E-state index contributed by atoms with van der Waals surface area (Å²) in [5.41, 5.74) is 0. The van der Waals surface area contributed by atoms with Crippen LogP contribution in [0, 0.1) is 5.21 Å². The number of ether oxygens (including phenoxy) is 3. The minimum absolute atomic E-state index is 0.0307. The van der Waals surface area contributed by atoms with Crippen molar-refractivity contribution in [2.24, 2.45) is 0 Å². The van der Waals surface area contributed by atoms with Crippen LogP contribution in [0.5, 0.6) is 17.4 Å². The van der Waals surface area contributed by atoms with Crippen molar-refractivity contribution in [1.82, 2.24) is 0 Å². The van der Waals surface area contributed by atoms with E-state index in [2.05, 4.69) is 0 Å². The second-order valence-corrected chi connectivity index (χ2v) is 2.76. The maximum Gasteiger partial charge on any atom is 0.428 e. The van der Waals surface area contributed by atoms with Crippen LogP contribution in [0.1, 0.15) is 0 Å². The molecule has 0 N–H and O–H groups in total. The maximum atomic E-state index is 11.4. The molecule has 1 rings (SSSR count). The van der Waals surface area contributed by atoms with E-state index in [1.54, 1.807) is 0 Å². The highest BCUT2D eigenvalue weighted by Crippen LogP contribution is 2.35. The summed E-state index contributed by atoms with van der Waals surface area (Å²) in [6.45, 7) is 0. The Kier molecular flexibility index (Phi) is 3.24. The predicted octanol–water partition coefficient (Wildman–Crippen LogP) is 0.999. The molecule has 6 heteroatoms. The third kappa shape index (κ3) is 1.63. The van der Waals surface area contributed by atoms with Crippen molar-refractivity contribution in [3.8, 4) is 17.4 Å². The fraction of sp³-hybridized carbons (Fsp3) is 0.375. The van der Waals surface area contributed by atoms with Crippen LogP contribution in [0.3, 0.4) is 0 Å². The van der Waals surface area contributed by atoms with Gasteiger partial charge >= 0.3 is 5.88 Å². The fourth-order valence-electron chi connectivity index (χ4n) is 1.04. The van der Waals surface area contributed by atoms with Crippen LogP contribution in [0.15, 0.2) is 6.07 Å². The van der Waals surface area contributed by atoms with E-state index >= 15 is 0 Å². The molecule has 5 nitrogen and oxygen atoms in total. The fourth-order valence-corrected chi connectivity index (χ4v) is 1.22. The van der Waals surface area contributed by atoms with Gasteiger partial charge < -0.3 is 19.4 Å². The molecule has 0 aliphatic carbocycles. The lowest BCUT2D eigenvalue weighted by Gasteiger charge is -2.11. The summed E-state index contributed by atoms with van der Waals surface area (Å²) >= 11 is 5.64. The molecule has 0 saturated carbocycles. The van der Waals surface area contributed by atoms with Gasteiger partial charge in [-0.05, 0) is 11.6 Å². The molecule has 0 saturated heterocycles. The zero-order chi connectivity index (χ0) is 10.7. The molecule has 0 spiro atoms. The Labute approximate surface area is 86.3 Å². The SMILES string of the molecule is COc1cc(Cl)[n+]([O-])c(OC)c1OC. The van der Waals surface area contributed by atoms with Crippen molar-refractivity contribution in [3.05, 3.63) is 16.4 Å². The Hall–Kier alpha value is -1.36. The van der Waals surface area contributed by atoms with Gasteiger partial charge in [0.1, 0.15) is 0 Å². The Morgan fingerprint density at radius 1 is 1.21 bits per heavy atom. The first kappa shape index (κ1) is 10.7. The third-order valence-electron chi connectivity index (χ3n) is 1.66. The molecule has 1 heterocycles. The van der Waals surface area contributed by atoms with Gasteiger partial charge in [-0.2, -0.15) is 0 Å². The van der Waals surface area contributed by atoms with Gasteiger partial charge in [0.15, 0.2) is 5.75 Å². The van der Waals surface area contributed by atoms with Crippen LogP contribution in [0.4, 0.5) is 0 Å². The minimum Gasteiger partial charge on any atom is -0.615 e. The van der Waals surface area contributed by atoms with Crippen LogP contribution >= 0.6 is 11.6 Å². The second-order valence-electron chi connectivity index (χ2n) is 2.37. The lowest BCUT2D eigenvalue weighted by molar-refractivity contribution is -0.610. The lowest BCUT2D eigenvalue weighted by atomic mass is 10.4. The number of methoxy groups -OCH3 is 3. The number of hydrogen-bond acceptors (Lipinski definition) is 4. The quantitative estimate of drug-likeness (QED) is 0.432. The standard InChI is InChI=1S/C8H10ClNO4/c1-12-5-4-6(9)10(11)8(14-3)7(5)13-2/h4H,1-3H3. The van der Waals surface area contributed by atoms with E-state index < -0.39 is 0 Å². The molecular weight excluding hydrogens is 210 g/mol. The van der Waals surface area contributed by atoms with E-state index in [9.17, 15) is 5.21 Å². The van der Waals surface area contributed by atoms with E-state index in [1.165, 1.54) is 27.4 Å². The van der Waals surface area contributed by atoms with Gasteiger partial charge in [0, 0.05) is 0 Å². The molecule has 1 aromatic heterocycles. The first-order valence-corrected chi connectivity index (χ1v) is 4.11. The van der Waals surface area contributed by atoms with Crippen molar-refractivity contribution in [1.29, 1.82) is 0 Å². The first-order valence-electron chi connectivity index (χ1n) is 3.73. The van der Waals surface area contributed by atoms with Gasteiger partial charge in [0.2, 0.25) is 0 Å². The summed E-state index contributed by atoms with van der Waals surface area (Å²) in [5, 5.41) is 11.3. The van der Waals surface area contributed by atoms with Crippen molar-refractivity contribution in [2.45, 2.75) is 0 Å². The van der Waals surface area contributed by atoms with Crippen molar-refractivity contribution in [3.63, 3.8) is 0 Å². The zero-order valence-electron chi connectivity index (χ0n) is 8.04. The third-order valence-corrected chi connectivity index (χ3v) is 1.93. The smallest absolute Gasteiger partial charge is 0.428 e. The van der Waals surface area contributed by atoms with Gasteiger partial charge in [0.05, 0.1) is 27.4 Å². The molecule has 0 aliphatic heterocycles. The highest BCUT2D eigenvalue weighted by molar-refractivity contribution is 6.28. The number of halogens is 1. The highest BCUT2D eigenvalue weighted by atomic mass is 35.5. The van der Waals surface area contributed by atoms with Crippen molar-refractivity contribution >= 4 is 11.6 Å². The Morgan fingerprint density at radius 3 is 2.29 bits per heavy atom. The average molecular weight is 220 g/mol. The molecule has 0 aromatic carbocycles. The van der Waals surface area contributed by atoms with E-state index in [0.29, 0.717) is 10.5 Å². The molecule has 14 heavy (non-hydrogen) atoms. The molecule has 78 valence electrons. The van der Waals surface area contributed by atoms with Crippen LogP contribution in [0.2, 0.25) is 5.15 Å². The van der Waals surface area contributed by atoms with E-state index in [1.807, 2.05) is 0 Å². The Bertz CT molecular complexity index is 343. The lowest BCUT2D eigenvalue weighted by Crippen LogP contribution is -2.30. The first-order chi connectivity index (χ1) is 6.65. The van der Waals surface area contributed by atoms with Gasteiger partial charge in [-0.15, -0.1) is 4.73 Å². The number of rotatable bonds is 3.